The molecule has 0 aliphatic carbocycles. The number of carbonyl (C=O) groups is 1. The molecule has 5 nitrogen and oxygen atoms in total. The Bertz CT molecular complexity index is 418. The van der Waals surface area contributed by atoms with Crippen molar-refractivity contribution >= 4 is 5.91 Å². The standard InChI is InChI=1S/C15H24N2O3/c1-12-5-7-14(8-6-12)20-11-13(18)9-17(4)10-15(19)16(2)3/h5-8,13,18H,9-11H2,1-4H3. The Morgan fingerprint density at radius 1 is 1.25 bits per heavy atom. The third-order valence-corrected chi connectivity index (χ3v) is 2.89. The predicted octanol–water partition coefficient (Wildman–Crippen LogP) is 0.755. The maximum absolute atomic E-state index is 11.5. The van der Waals surface area contributed by atoms with Gasteiger partial charge in [0.05, 0.1) is 6.54 Å². The van der Waals surface area contributed by atoms with E-state index in [-0.39, 0.29) is 19.1 Å². The molecule has 0 aliphatic heterocycles. The maximum Gasteiger partial charge on any atom is 0.236 e. The van der Waals surface area contributed by atoms with Crippen LogP contribution in [0.4, 0.5) is 0 Å². The van der Waals surface area contributed by atoms with E-state index in [4.69, 9.17) is 4.74 Å². The number of aliphatic hydroxyl groups excluding tert-OH is 1. The first-order chi connectivity index (χ1) is 9.38. The van der Waals surface area contributed by atoms with Gasteiger partial charge in [-0.15, -0.1) is 0 Å². The first-order valence-corrected chi connectivity index (χ1v) is 6.64. The highest BCUT2D eigenvalue weighted by molar-refractivity contribution is 5.77. The molecule has 0 bridgehead atoms. The minimum absolute atomic E-state index is 0.0131. The number of carbonyl (C=O) groups excluding carboxylic acids is 1. The fourth-order valence-electron chi connectivity index (χ4n) is 1.68. The van der Waals surface area contributed by atoms with Gasteiger partial charge in [-0.2, -0.15) is 0 Å². The molecule has 0 aliphatic rings. The molecule has 0 spiro atoms. The summed E-state index contributed by atoms with van der Waals surface area (Å²) < 4.78 is 5.50. The third-order valence-electron chi connectivity index (χ3n) is 2.89. The Hall–Kier alpha value is -1.59. The molecule has 5 heteroatoms. The molecule has 1 aromatic rings. The van der Waals surface area contributed by atoms with Crippen LogP contribution in [0.5, 0.6) is 5.75 Å². The van der Waals surface area contributed by atoms with Crippen molar-refractivity contribution in [3.63, 3.8) is 0 Å². The van der Waals surface area contributed by atoms with Gasteiger partial charge in [-0.3, -0.25) is 9.69 Å². The first kappa shape index (κ1) is 16.5. The quantitative estimate of drug-likeness (QED) is 0.801. The van der Waals surface area contributed by atoms with E-state index in [1.54, 1.807) is 26.0 Å². The number of nitrogens with zero attached hydrogens (tertiary/aromatic N) is 2. The number of likely N-dealkylation sites (N-methyl/N-ethyl adjacent to an activating group) is 2. The summed E-state index contributed by atoms with van der Waals surface area (Å²) in [6.07, 6.45) is -0.628. The topological polar surface area (TPSA) is 53.0 Å². The summed E-state index contributed by atoms with van der Waals surface area (Å²) in [5.74, 6) is 0.751. The lowest BCUT2D eigenvalue weighted by Gasteiger charge is -2.21. The van der Waals surface area contributed by atoms with Crippen molar-refractivity contribution in [2.45, 2.75) is 13.0 Å². The van der Waals surface area contributed by atoms with Gasteiger partial charge in [0.15, 0.2) is 0 Å². The molecule has 112 valence electrons. The molecule has 1 aromatic carbocycles. The Morgan fingerprint density at radius 3 is 2.40 bits per heavy atom. The molecule has 1 rings (SSSR count). The Kier molecular flexibility index (Phi) is 6.48. The average Bonchev–Trinajstić information content (AvgIpc) is 2.37. The lowest BCUT2D eigenvalue weighted by molar-refractivity contribution is -0.129. The van der Waals surface area contributed by atoms with Gasteiger partial charge in [0, 0.05) is 20.6 Å². The summed E-state index contributed by atoms with van der Waals surface area (Å²) >= 11 is 0. The van der Waals surface area contributed by atoms with Crippen molar-refractivity contribution in [1.29, 1.82) is 0 Å². The van der Waals surface area contributed by atoms with Crippen molar-refractivity contribution in [2.24, 2.45) is 0 Å². The molecule has 1 atom stereocenters. The summed E-state index contributed by atoms with van der Waals surface area (Å²) in [4.78, 5) is 14.8. The van der Waals surface area contributed by atoms with Crippen LogP contribution in [0.2, 0.25) is 0 Å². The van der Waals surface area contributed by atoms with E-state index in [0.29, 0.717) is 6.54 Å². The predicted molar refractivity (Wildman–Crippen MR) is 78.9 cm³/mol. The highest BCUT2D eigenvalue weighted by Crippen LogP contribution is 2.11. The maximum atomic E-state index is 11.5. The number of rotatable bonds is 7. The lowest BCUT2D eigenvalue weighted by atomic mass is 10.2. The van der Waals surface area contributed by atoms with Crippen molar-refractivity contribution in [3.05, 3.63) is 29.8 Å². The zero-order valence-electron chi connectivity index (χ0n) is 12.7. The van der Waals surface area contributed by atoms with Gasteiger partial charge >= 0.3 is 0 Å². The largest absolute Gasteiger partial charge is 0.491 e. The van der Waals surface area contributed by atoms with Crippen LogP contribution >= 0.6 is 0 Å². The SMILES string of the molecule is Cc1ccc(OCC(O)CN(C)CC(=O)N(C)C)cc1. The Labute approximate surface area is 120 Å². The van der Waals surface area contributed by atoms with E-state index in [0.717, 1.165) is 5.75 Å². The number of aliphatic hydroxyl groups is 1. The monoisotopic (exact) mass is 280 g/mol. The highest BCUT2D eigenvalue weighted by atomic mass is 16.5. The second-order valence-electron chi connectivity index (χ2n) is 5.26. The number of amides is 1. The summed E-state index contributed by atoms with van der Waals surface area (Å²) in [7, 11) is 5.23. The van der Waals surface area contributed by atoms with Crippen molar-refractivity contribution < 1.29 is 14.6 Å². The molecular formula is C15H24N2O3. The molecule has 0 radical (unpaired) electrons. The molecular weight excluding hydrogens is 256 g/mol. The second kappa shape index (κ2) is 7.87. The summed E-state index contributed by atoms with van der Waals surface area (Å²) in [5.41, 5.74) is 1.17. The van der Waals surface area contributed by atoms with Gasteiger partial charge in [0.1, 0.15) is 18.5 Å². The van der Waals surface area contributed by atoms with E-state index < -0.39 is 6.10 Å². The molecule has 0 saturated carbocycles. The van der Waals surface area contributed by atoms with Crippen LogP contribution < -0.4 is 4.74 Å². The van der Waals surface area contributed by atoms with E-state index in [2.05, 4.69) is 0 Å². The van der Waals surface area contributed by atoms with E-state index in [1.807, 2.05) is 31.2 Å². The smallest absolute Gasteiger partial charge is 0.236 e. The number of hydrogen-bond donors (Lipinski definition) is 1. The van der Waals surface area contributed by atoms with Crippen LogP contribution in [0.25, 0.3) is 0 Å². The minimum Gasteiger partial charge on any atom is -0.491 e. The number of benzene rings is 1. The van der Waals surface area contributed by atoms with E-state index in [1.165, 1.54) is 10.5 Å². The van der Waals surface area contributed by atoms with Crippen LogP contribution in [0.1, 0.15) is 5.56 Å². The van der Waals surface area contributed by atoms with Gasteiger partial charge in [-0.1, -0.05) is 17.7 Å². The minimum atomic E-state index is -0.628. The number of hydrogen-bond acceptors (Lipinski definition) is 4. The van der Waals surface area contributed by atoms with Crippen LogP contribution in [0.3, 0.4) is 0 Å². The molecule has 0 fully saturated rings. The molecule has 0 aromatic heterocycles. The first-order valence-electron chi connectivity index (χ1n) is 6.64. The Morgan fingerprint density at radius 2 is 1.85 bits per heavy atom. The molecule has 20 heavy (non-hydrogen) atoms. The van der Waals surface area contributed by atoms with Gasteiger partial charge in [0.25, 0.3) is 0 Å². The number of aryl methyl sites for hydroxylation is 1. The van der Waals surface area contributed by atoms with Gasteiger partial charge in [-0.05, 0) is 26.1 Å². The third kappa shape index (κ3) is 6.04. The fourth-order valence-corrected chi connectivity index (χ4v) is 1.68. The normalized spacial score (nSPS) is 12.3. The highest BCUT2D eigenvalue weighted by Gasteiger charge is 2.13. The summed E-state index contributed by atoms with van der Waals surface area (Å²) in [6, 6.07) is 7.68. The number of ether oxygens (including phenoxy) is 1. The summed E-state index contributed by atoms with van der Waals surface area (Å²) in [6.45, 7) is 2.90. The fraction of sp³-hybridized carbons (Fsp3) is 0.533. The van der Waals surface area contributed by atoms with Crippen LogP contribution in [-0.4, -0.2) is 67.8 Å². The van der Waals surface area contributed by atoms with Gasteiger partial charge < -0.3 is 14.7 Å². The zero-order chi connectivity index (χ0) is 15.1. The molecule has 1 unspecified atom stereocenters. The average molecular weight is 280 g/mol. The van der Waals surface area contributed by atoms with Crippen molar-refractivity contribution in [3.8, 4) is 5.75 Å². The molecule has 0 heterocycles. The lowest BCUT2D eigenvalue weighted by Crippen LogP contribution is -2.39. The van der Waals surface area contributed by atoms with Gasteiger partial charge in [0.2, 0.25) is 5.91 Å². The molecule has 1 N–H and O–H groups in total. The van der Waals surface area contributed by atoms with E-state index in [9.17, 15) is 9.90 Å². The van der Waals surface area contributed by atoms with E-state index >= 15 is 0 Å². The van der Waals surface area contributed by atoms with Crippen molar-refractivity contribution in [1.82, 2.24) is 9.80 Å². The second-order valence-corrected chi connectivity index (χ2v) is 5.26. The molecule has 0 saturated heterocycles. The zero-order valence-corrected chi connectivity index (χ0v) is 12.7. The van der Waals surface area contributed by atoms with Crippen LogP contribution in [0.15, 0.2) is 24.3 Å². The van der Waals surface area contributed by atoms with Crippen LogP contribution in [-0.2, 0) is 4.79 Å². The Balaban J connectivity index is 2.30. The molecule has 1 amide bonds. The van der Waals surface area contributed by atoms with Crippen molar-refractivity contribution in [2.75, 3.05) is 40.8 Å². The van der Waals surface area contributed by atoms with Crippen LogP contribution in [0, 0.1) is 6.92 Å². The summed E-state index contributed by atoms with van der Waals surface area (Å²) in [5, 5.41) is 9.90. The van der Waals surface area contributed by atoms with Gasteiger partial charge in [-0.25, -0.2) is 0 Å².